The summed E-state index contributed by atoms with van der Waals surface area (Å²) in [7, 11) is 0. The van der Waals surface area contributed by atoms with Crippen LogP contribution in [-0.4, -0.2) is 26.1 Å². The molecule has 0 aromatic rings. The zero-order chi connectivity index (χ0) is 6.69. The largest absolute Gasteiger partial charge is 0.373 e. The van der Waals surface area contributed by atoms with Crippen molar-refractivity contribution in [3.05, 3.63) is 0 Å². The fourth-order valence-electron chi connectivity index (χ4n) is 0.743. The lowest BCUT2D eigenvalue weighted by atomic mass is 10.1. The smallest absolute Gasteiger partial charge is 0.0948 e. The Balaban J connectivity index is 2.05. The van der Waals surface area contributed by atoms with Gasteiger partial charge in [0.1, 0.15) is 0 Å². The first-order chi connectivity index (χ1) is 4.36. The molecule has 54 valence electrons. The van der Waals surface area contributed by atoms with Crippen LogP contribution in [0.2, 0.25) is 0 Å². The van der Waals surface area contributed by atoms with Gasteiger partial charge in [0, 0.05) is 5.92 Å². The van der Waals surface area contributed by atoms with Gasteiger partial charge in [0.15, 0.2) is 0 Å². The van der Waals surface area contributed by atoms with Crippen molar-refractivity contribution in [2.24, 2.45) is 5.92 Å². The minimum Gasteiger partial charge on any atom is -0.373 e. The number of alkyl halides is 2. The Morgan fingerprint density at radius 3 is 2.33 bits per heavy atom. The summed E-state index contributed by atoms with van der Waals surface area (Å²) in [6, 6.07) is 0. The molecule has 0 N–H and O–H groups in total. The lowest BCUT2D eigenvalue weighted by molar-refractivity contribution is 0.251. The lowest BCUT2D eigenvalue weighted by Gasteiger charge is -2.03. The van der Waals surface area contributed by atoms with Gasteiger partial charge in [-0.25, -0.2) is 0 Å². The number of hydrogen-bond acceptors (Lipinski definition) is 1. The summed E-state index contributed by atoms with van der Waals surface area (Å²) in [5.41, 5.74) is 0. The highest BCUT2D eigenvalue weighted by Crippen LogP contribution is 2.19. The molecule has 1 unspecified atom stereocenters. The van der Waals surface area contributed by atoms with Crippen LogP contribution in [0.25, 0.3) is 0 Å². The van der Waals surface area contributed by atoms with Crippen molar-refractivity contribution in [3.8, 4) is 0 Å². The molecule has 0 aliphatic carbocycles. The maximum atomic E-state index is 11.8. The van der Waals surface area contributed by atoms with Crippen molar-refractivity contribution in [1.29, 1.82) is 0 Å². The number of rotatable bonds is 4. The van der Waals surface area contributed by atoms with Crippen LogP contribution in [0, 0.1) is 5.92 Å². The van der Waals surface area contributed by atoms with Gasteiger partial charge in [0.05, 0.1) is 26.1 Å². The predicted octanol–water partition coefficient (Wildman–Crippen LogP) is 1.33. The van der Waals surface area contributed by atoms with Gasteiger partial charge in [0.2, 0.25) is 0 Å². The van der Waals surface area contributed by atoms with Gasteiger partial charge < -0.3 is 4.74 Å². The first kappa shape index (κ1) is 6.93. The molecule has 0 aromatic carbocycles. The van der Waals surface area contributed by atoms with Gasteiger partial charge in [-0.05, 0) is 6.42 Å². The zero-order valence-electron chi connectivity index (χ0n) is 5.15. The minimum absolute atomic E-state index is 0.154. The summed E-state index contributed by atoms with van der Waals surface area (Å²) in [5.74, 6) is -0.419. The van der Waals surface area contributed by atoms with E-state index >= 15 is 0 Å². The first-order valence-electron chi connectivity index (χ1n) is 3.10. The topological polar surface area (TPSA) is 12.5 Å². The summed E-state index contributed by atoms with van der Waals surface area (Å²) in [6.45, 7) is -0.427. The first-order valence-corrected chi connectivity index (χ1v) is 3.10. The van der Waals surface area contributed by atoms with Crippen molar-refractivity contribution in [1.82, 2.24) is 0 Å². The van der Waals surface area contributed by atoms with Crippen LogP contribution >= 0.6 is 0 Å². The van der Waals surface area contributed by atoms with Crippen molar-refractivity contribution >= 4 is 0 Å². The second-order valence-corrected chi connectivity index (χ2v) is 2.37. The molecular formula is C6H10F2O. The number of epoxide rings is 1. The van der Waals surface area contributed by atoms with E-state index in [9.17, 15) is 8.78 Å². The van der Waals surface area contributed by atoms with E-state index in [4.69, 9.17) is 4.74 Å². The molecule has 1 fully saturated rings. The van der Waals surface area contributed by atoms with Crippen LogP contribution in [0.4, 0.5) is 8.78 Å². The van der Waals surface area contributed by atoms with E-state index in [2.05, 4.69) is 0 Å². The fourth-order valence-corrected chi connectivity index (χ4v) is 0.743. The summed E-state index contributed by atoms with van der Waals surface area (Å²) in [5, 5.41) is 0. The van der Waals surface area contributed by atoms with E-state index in [-0.39, 0.29) is 6.10 Å². The Labute approximate surface area is 53.0 Å². The molecule has 1 atom stereocenters. The second kappa shape index (κ2) is 3.11. The third-order valence-corrected chi connectivity index (χ3v) is 1.44. The molecule has 1 aliphatic heterocycles. The SMILES string of the molecule is FCC(CF)CC1CO1. The molecule has 0 radical (unpaired) electrons. The van der Waals surface area contributed by atoms with E-state index in [1.54, 1.807) is 0 Å². The van der Waals surface area contributed by atoms with E-state index < -0.39 is 19.3 Å². The maximum absolute atomic E-state index is 11.8. The standard InChI is InChI=1S/C6H10F2O/c7-2-5(3-8)1-6-4-9-6/h5-6H,1-4H2. The number of ether oxygens (including phenoxy) is 1. The van der Waals surface area contributed by atoms with Crippen LogP contribution in [-0.2, 0) is 4.74 Å². The van der Waals surface area contributed by atoms with Crippen LogP contribution in [0.15, 0.2) is 0 Å². The number of hydrogen-bond donors (Lipinski definition) is 0. The Bertz CT molecular complexity index is 79.1. The Morgan fingerprint density at radius 2 is 2.00 bits per heavy atom. The van der Waals surface area contributed by atoms with Gasteiger partial charge in [-0.15, -0.1) is 0 Å². The van der Waals surface area contributed by atoms with Crippen molar-refractivity contribution in [2.45, 2.75) is 12.5 Å². The molecule has 9 heavy (non-hydrogen) atoms. The third-order valence-electron chi connectivity index (χ3n) is 1.44. The van der Waals surface area contributed by atoms with Crippen molar-refractivity contribution in [3.63, 3.8) is 0 Å². The van der Waals surface area contributed by atoms with Gasteiger partial charge in [-0.1, -0.05) is 0 Å². The van der Waals surface area contributed by atoms with Crippen LogP contribution in [0.1, 0.15) is 6.42 Å². The average molecular weight is 136 g/mol. The van der Waals surface area contributed by atoms with Crippen molar-refractivity contribution < 1.29 is 13.5 Å². The molecule has 1 saturated heterocycles. The molecule has 1 nitrogen and oxygen atoms in total. The third kappa shape index (κ3) is 2.26. The predicted molar refractivity (Wildman–Crippen MR) is 29.8 cm³/mol. The molecular weight excluding hydrogens is 126 g/mol. The number of halogens is 2. The maximum Gasteiger partial charge on any atom is 0.0948 e. The lowest BCUT2D eigenvalue weighted by Crippen LogP contribution is -2.08. The van der Waals surface area contributed by atoms with Gasteiger partial charge >= 0.3 is 0 Å². The molecule has 0 aromatic heterocycles. The molecule has 0 saturated carbocycles. The highest BCUT2D eigenvalue weighted by atomic mass is 19.1. The van der Waals surface area contributed by atoms with Gasteiger partial charge in [-0.2, -0.15) is 0 Å². The Kier molecular flexibility index (Phi) is 2.39. The van der Waals surface area contributed by atoms with E-state index in [0.29, 0.717) is 13.0 Å². The molecule has 0 bridgehead atoms. The van der Waals surface area contributed by atoms with E-state index in [1.165, 1.54) is 0 Å². The molecule has 1 rings (SSSR count). The highest BCUT2D eigenvalue weighted by molar-refractivity contribution is 4.73. The highest BCUT2D eigenvalue weighted by Gasteiger charge is 2.26. The molecule has 0 amide bonds. The summed E-state index contributed by atoms with van der Waals surface area (Å²) in [4.78, 5) is 0. The van der Waals surface area contributed by atoms with Crippen LogP contribution in [0.3, 0.4) is 0 Å². The summed E-state index contributed by atoms with van der Waals surface area (Å²) >= 11 is 0. The zero-order valence-corrected chi connectivity index (χ0v) is 5.15. The van der Waals surface area contributed by atoms with Gasteiger partial charge in [-0.3, -0.25) is 8.78 Å². The second-order valence-electron chi connectivity index (χ2n) is 2.37. The molecule has 3 heteroatoms. The van der Waals surface area contributed by atoms with Crippen molar-refractivity contribution in [2.75, 3.05) is 20.0 Å². The summed E-state index contributed by atoms with van der Waals surface area (Å²) in [6.07, 6.45) is 0.703. The van der Waals surface area contributed by atoms with Crippen LogP contribution in [0.5, 0.6) is 0 Å². The molecule has 0 spiro atoms. The Hall–Kier alpha value is -0.180. The minimum atomic E-state index is -0.559. The summed E-state index contributed by atoms with van der Waals surface area (Å²) < 4.78 is 28.3. The van der Waals surface area contributed by atoms with Gasteiger partial charge in [0.25, 0.3) is 0 Å². The van der Waals surface area contributed by atoms with Crippen LogP contribution < -0.4 is 0 Å². The normalized spacial score (nSPS) is 25.0. The fraction of sp³-hybridized carbons (Fsp3) is 1.00. The molecule has 1 aliphatic rings. The van der Waals surface area contributed by atoms with E-state index in [0.717, 1.165) is 0 Å². The average Bonchev–Trinajstić information content (AvgIpc) is 2.66. The monoisotopic (exact) mass is 136 g/mol. The van der Waals surface area contributed by atoms with E-state index in [1.807, 2.05) is 0 Å². The Morgan fingerprint density at radius 1 is 1.44 bits per heavy atom. The molecule has 1 heterocycles. The quantitative estimate of drug-likeness (QED) is 0.531.